The zero-order valence-electron chi connectivity index (χ0n) is 6.01. The Morgan fingerprint density at radius 1 is 1.60 bits per heavy atom. The van der Waals surface area contributed by atoms with Gasteiger partial charge >= 0.3 is 0 Å². The van der Waals surface area contributed by atoms with Gasteiger partial charge in [0.05, 0.1) is 7.11 Å². The SMILES string of the molecule is COc1cc[c]c(C)c1O. The van der Waals surface area contributed by atoms with Crippen LogP contribution >= 0.6 is 0 Å². The molecule has 0 saturated carbocycles. The molecule has 0 amide bonds. The van der Waals surface area contributed by atoms with Crippen LogP contribution in [0.4, 0.5) is 0 Å². The van der Waals surface area contributed by atoms with E-state index in [1.807, 2.05) is 0 Å². The van der Waals surface area contributed by atoms with Crippen molar-refractivity contribution in [3.05, 3.63) is 23.8 Å². The zero-order chi connectivity index (χ0) is 7.56. The van der Waals surface area contributed by atoms with E-state index in [0.29, 0.717) is 11.3 Å². The van der Waals surface area contributed by atoms with Gasteiger partial charge in [0, 0.05) is 5.56 Å². The number of phenolic OH excluding ortho intramolecular Hbond substituents is 1. The lowest BCUT2D eigenvalue weighted by Gasteiger charge is -2.03. The normalized spacial score (nSPS) is 9.40. The van der Waals surface area contributed by atoms with Crippen LogP contribution < -0.4 is 4.74 Å². The maximum Gasteiger partial charge on any atom is 0.161 e. The number of aromatic hydroxyl groups is 1. The van der Waals surface area contributed by atoms with E-state index in [1.165, 1.54) is 7.11 Å². The molecule has 0 atom stereocenters. The number of rotatable bonds is 1. The Hall–Kier alpha value is -1.18. The molecule has 0 aliphatic carbocycles. The third-order valence-corrected chi connectivity index (χ3v) is 1.34. The summed E-state index contributed by atoms with van der Waals surface area (Å²) in [4.78, 5) is 0. The highest BCUT2D eigenvalue weighted by Gasteiger charge is 2.01. The minimum Gasteiger partial charge on any atom is -0.504 e. The molecule has 0 bridgehead atoms. The van der Waals surface area contributed by atoms with Crippen LogP contribution in [-0.4, -0.2) is 12.2 Å². The Kier molecular flexibility index (Phi) is 1.81. The van der Waals surface area contributed by atoms with E-state index in [0.717, 1.165) is 0 Å². The summed E-state index contributed by atoms with van der Waals surface area (Å²) in [5.74, 6) is 0.668. The van der Waals surface area contributed by atoms with Crippen LogP contribution in [-0.2, 0) is 0 Å². The molecule has 1 aromatic carbocycles. The van der Waals surface area contributed by atoms with E-state index in [4.69, 9.17) is 4.74 Å². The van der Waals surface area contributed by atoms with Crippen molar-refractivity contribution < 1.29 is 9.84 Å². The number of hydrogen-bond acceptors (Lipinski definition) is 2. The van der Waals surface area contributed by atoms with Gasteiger partial charge in [0.2, 0.25) is 0 Å². The number of phenols is 1. The maximum atomic E-state index is 9.24. The third kappa shape index (κ3) is 1.05. The molecule has 0 aliphatic rings. The Morgan fingerprint density at radius 2 is 2.30 bits per heavy atom. The molecule has 1 N–H and O–H groups in total. The average Bonchev–Trinajstić information content (AvgIpc) is 1.95. The molecule has 0 aromatic heterocycles. The molecule has 1 rings (SSSR count). The minimum absolute atomic E-state index is 0.171. The first-order valence-corrected chi connectivity index (χ1v) is 3.00. The zero-order valence-corrected chi connectivity index (χ0v) is 6.01. The fourth-order valence-electron chi connectivity index (χ4n) is 0.739. The summed E-state index contributed by atoms with van der Waals surface area (Å²) in [5.41, 5.74) is 0.708. The summed E-state index contributed by atoms with van der Waals surface area (Å²) in [5, 5.41) is 9.24. The van der Waals surface area contributed by atoms with Crippen molar-refractivity contribution in [3.63, 3.8) is 0 Å². The Morgan fingerprint density at radius 3 is 2.80 bits per heavy atom. The molecule has 0 saturated heterocycles. The van der Waals surface area contributed by atoms with Crippen LogP contribution in [0.3, 0.4) is 0 Å². The number of ether oxygens (including phenoxy) is 1. The summed E-state index contributed by atoms with van der Waals surface area (Å²) in [6.07, 6.45) is 0. The van der Waals surface area contributed by atoms with Gasteiger partial charge in [-0.25, -0.2) is 0 Å². The average molecular weight is 137 g/mol. The molecule has 10 heavy (non-hydrogen) atoms. The summed E-state index contributed by atoms with van der Waals surface area (Å²) >= 11 is 0. The van der Waals surface area contributed by atoms with E-state index in [9.17, 15) is 5.11 Å². The van der Waals surface area contributed by atoms with Gasteiger partial charge in [-0.05, 0) is 19.1 Å². The molecule has 0 heterocycles. The van der Waals surface area contributed by atoms with Crippen molar-refractivity contribution in [1.29, 1.82) is 0 Å². The maximum absolute atomic E-state index is 9.24. The second kappa shape index (κ2) is 2.60. The Labute approximate surface area is 60.1 Å². The van der Waals surface area contributed by atoms with Gasteiger partial charge in [0.1, 0.15) is 0 Å². The fourth-order valence-corrected chi connectivity index (χ4v) is 0.739. The van der Waals surface area contributed by atoms with Crippen LogP contribution in [0.2, 0.25) is 0 Å². The Balaban J connectivity index is 3.14. The predicted octanol–water partition coefficient (Wildman–Crippen LogP) is 1.51. The lowest BCUT2D eigenvalue weighted by molar-refractivity contribution is 0.371. The molecule has 0 spiro atoms. The number of aryl methyl sites for hydroxylation is 1. The smallest absolute Gasteiger partial charge is 0.161 e. The molecular formula is C8H9O2. The first-order chi connectivity index (χ1) is 4.75. The highest BCUT2D eigenvalue weighted by atomic mass is 16.5. The molecule has 2 nitrogen and oxygen atoms in total. The summed E-state index contributed by atoms with van der Waals surface area (Å²) in [6.45, 7) is 1.78. The van der Waals surface area contributed by atoms with Gasteiger partial charge in [-0.15, -0.1) is 0 Å². The van der Waals surface area contributed by atoms with Crippen LogP contribution in [0, 0.1) is 13.0 Å². The molecular weight excluding hydrogens is 128 g/mol. The van der Waals surface area contributed by atoms with Crippen LogP contribution in [0.25, 0.3) is 0 Å². The fraction of sp³-hybridized carbons (Fsp3) is 0.250. The largest absolute Gasteiger partial charge is 0.504 e. The van der Waals surface area contributed by atoms with E-state index < -0.39 is 0 Å². The third-order valence-electron chi connectivity index (χ3n) is 1.34. The van der Waals surface area contributed by atoms with Crippen LogP contribution in [0.15, 0.2) is 12.1 Å². The topological polar surface area (TPSA) is 29.5 Å². The second-order valence-electron chi connectivity index (χ2n) is 2.02. The van der Waals surface area contributed by atoms with Gasteiger partial charge in [-0.1, -0.05) is 6.07 Å². The van der Waals surface area contributed by atoms with Crippen molar-refractivity contribution in [2.75, 3.05) is 7.11 Å². The van der Waals surface area contributed by atoms with Crippen molar-refractivity contribution in [2.24, 2.45) is 0 Å². The highest BCUT2D eigenvalue weighted by molar-refractivity contribution is 5.43. The molecule has 1 aromatic rings. The second-order valence-corrected chi connectivity index (χ2v) is 2.02. The van der Waals surface area contributed by atoms with Gasteiger partial charge < -0.3 is 9.84 Å². The molecule has 0 fully saturated rings. The first-order valence-electron chi connectivity index (χ1n) is 3.00. The monoisotopic (exact) mass is 137 g/mol. The van der Waals surface area contributed by atoms with Gasteiger partial charge in [0.25, 0.3) is 0 Å². The minimum atomic E-state index is 0.171. The first kappa shape index (κ1) is 6.93. The van der Waals surface area contributed by atoms with Crippen molar-refractivity contribution in [3.8, 4) is 11.5 Å². The standard InChI is InChI=1S/C8H9O2/c1-6-4-3-5-7(10-2)8(6)9/h3,5,9H,1-2H3. The van der Waals surface area contributed by atoms with Gasteiger partial charge in [0.15, 0.2) is 11.5 Å². The summed E-state index contributed by atoms with van der Waals surface area (Å²) in [7, 11) is 1.52. The summed E-state index contributed by atoms with van der Waals surface area (Å²) < 4.78 is 4.86. The Bertz CT molecular complexity index is 231. The lowest BCUT2D eigenvalue weighted by atomic mass is 10.2. The van der Waals surface area contributed by atoms with Gasteiger partial charge in [-0.2, -0.15) is 0 Å². The van der Waals surface area contributed by atoms with E-state index >= 15 is 0 Å². The van der Waals surface area contributed by atoms with E-state index in [1.54, 1.807) is 19.1 Å². The van der Waals surface area contributed by atoms with Gasteiger partial charge in [-0.3, -0.25) is 0 Å². The summed E-state index contributed by atoms with van der Waals surface area (Å²) in [6, 6.07) is 6.23. The molecule has 0 aliphatic heterocycles. The van der Waals surface area contributed by atoms with E-state index in [-0.39, 0.29) is 5.75 Å². The van der Waals surface area contributed by atoms with Crippen LogP contribution in [0.5, 0.6) is 11.5 Å². The molecule has 2 heteroatoms. The van der Waals surface area contributed by atoms with Crippen molar-refractivity contribution in [1.82, 2.24) is 0 Å². The van der Waals surface area contributed by atoms with Crippen LogP contribution in [0.1, 0.15) is 5.56 Å². The quantitative estimate of drug-likeness (QED) is 0.635. The van der Waals surface area contributed by atoms with Crippen molar-refractivity contribution in [2.45, 2.75) is 6.92 Å². The molecule has 1 radical (unpaired) electrons. The highest BCUT2D eigenvalue weighted by Crippen LogP contribution is 2.27. The molecule has 53 valence electrons. The predicted molar refractivity (Wildman–Crippen MR) is 38.2 cm³/mol. The number of methoxy groups -OCH3 is 1. The number of benzene rings is 1. The molecule has 0 unspecified atom stereocenters. The lowest BCUT2D eigenvalue weighted by Crippen LogP contribution is -1.84. The number of hydrogen-bond donors (Lipinski definition) is 1. The van der Waals surface area contributed by atoms with E-state index in [2.05, 4.69) is 6.07 Å². The van der Waals surface area contributed by atoms with Crippen molar-refractivity contribution >= 4 is 0 Å².